The number of nitrogens with zero attached hydrogens (tertiary/aromatic N) is 3. The fraction of sp³-hybridized carbons (Fsp3) is 0.526. The minimum atomic E-state index is -0.353. The highest BCUT2D eigenvalue weighted by Crippen LogP contribution is 2.37. The lowest BCUT2D eigenvalue weighted by Crippen LogP contribution is -2.43. The van der Waals surface area contributed by atoms with Crippen molar-refractivity contribution in [3.63, 3.8) is 0 Å². The van der Waals surface area contributed by atoms with Gasteiger partial charge in [0, 0.05) is 49.7 Å². The number of aromatic nitrogens is 2. The van der Waals surface area contributed by atoms with Gasteiger partial charge in [0.25, 0.3) is 0 Å². The molecule has 0 radical (unpaired) electrons. The van der Waals surface area contributed by atoms with Crippen LogP contribution in [-0.4, -0.2) is 46.8 Å². The number of piperidine rings is 1. The lowest BCUT2D eigenvalue weighted by molar-refractivity contribution is -0.134. The molecule has 2 N–H and O–H groups in total. The highest BCUT2D eigenvalue weighted by molar-refractivity contribution is 6.02. The number of imide groups is 1. The summed E-state index contributed by atoms with van der Waals surface area (Å²) in [6, 6.07) is 5.55. The maximum absolute atomic E-state index is 12.3. The third kappa shape index (κ3) is 2.26. The highest BCUT2D eigenvalue weighted by Gasteiger charge is 2.38. The highest BCUT2D eigenvalue weighted by atomic mass is 16.2. The first kappa shape index (κ1) is 15.8. The number of rotatable bonds is 2. The van der Waals surface area contributed by atoms with E-state index in [-0.39, 0.29) is 17.7 Å². The number of carbonyl (C=O) groups excluding carboxylic acids is 2. The number of nitrogens with one attached hydrogen (secondary N) is 2. The van der Waals surface area contributed by atoms with E-state index in [0.29, 0.717) is 24.9 Å². The Kier molecular flexibility index (Phi) is 3.37. The summed E-state index contributed by atoms with van der Waals surface area (Å²) in [5.41, 5.74) is 4.31. The first-order chi connectivity index (χ1) is 12.5. The molecule has 3 aliphatic heterocycles. The lowest BCUT2D eigenvalue weighted by atomic mass is 9.92. The Bertz CT molecular complexity index is 934. The molecular weight excluding hydrogens is 330 g/mol. The summed E-state index contributed by atoms with van der Waals surface area (Å²) < 4.78 is 1.86. The number of piperazine rings is 1. The van der Waals surface area contributed by atoms with E-state index >= 15 is 0 Å². The smallest absolute Gasteiger partial charge is 0.235 e. The Labute approximate surface area is 151 Å². The SMILES string of the molecule is Cc1cc2c(C3CCC(=O)NC3=O)nn(C)c2cc1N1CC2CC1CN2. The topological polar surface area (TPSA) is 79.3 Å². The van der Waals surface area contributed by atoms with Crippen molar-refractivity contribution in [3.05, 3.63) is 23.4 Å². The van der Waals surface area contributed by atoms with Gasteiger partial charge in [0.1, 0.15) is 0 Å². The van der Waals surface area contributed by atoms with E-state index in [0.717, 1.165) is 29.7 Å². The zero-order valence-electron chi connectivity index (χ0n) is 15.1. The van der Waals surface area contributed by atoms with Crippen LogP contribution in [0.15, 0.2) is 12.1 Å². The molecule has 0 saturated carbocycles. The van der Waals surface area contributed by atoms with Gasteiger partial charge in [-0.25, -0.2) is 0 Å². The van der Waals surface area contributed by atoms with Crippen LogP contribution in [0, 0.1) is 6.92 Å². The van der Waals surface area contributed by atoms with E-state index < -0.39 is 0 Å². The van der Waals surface area contributed by atoms with Gasteiger partial charge in [0.2, 0.25) is 11.8 Å². The molecule has 3 atom stereocenters. The molecule has 2 bridgehead atoms. The molecule has 3 aliphatic rings. The molecule has 0 aliphatic carbocycles. The third-order valence-electron chi connectivity index (χ3n) is 6.13. The number of carbonyl (C=O) groups is 2. The zero-order valence-corrected chi connectivity index (χ0v) is 15.1. The molecular formula is C19H23N5O2. The summed E-state index contributed by atoms with van der Waals surface area (Å²) in [5, 5.41) is 11.7. The van der Waals surface area contributed by atoms with Gasteiger partial charge in [-0.1, -0.05) is 0 Å². The van der Waals surface area contributed by atoms with E-state index in [4.69, 9.17) is 0 Å². The Morgan fingerprint density at radius 2 is 2.12 bits per heavy atom. The molecule has 4 heterocycles. The first-order valence-electron chi connectivity index (χ1n) is 9.32. The molecule has 3 saturated heterocycles. The van der Waals surface area contributed by atoms with Crippen molar-refractivity contribution in [1.82, 2.24) is 20.4 Å². The van der Waals surface area contributed by atoms with E-state index in [2.05, 4.69) is 39.7 Å². The molecule has 5 rings (SSSR count). The molecule has 2 aromatic rings. The van der Waals surface area contributed by atoms with Crippen LogP contribution in [-0.2, 0) is 16.6 Å². The largest absolute Gasteiger partial charge is 0.365 e. The van der Waals surface area contributed by atoms with Crippen LogP contribution in [0.4, 0.5) is 5.69 Å². The monoisotopic (exact) mass is 353 g/mol. The molecule has 7 heteroatoms. The third-order valence-corrected chi connectivity index (χ3v) is 6.13. The van der Waals surface area contributed by atoms with Crippen LogP contribution in [0.2, 0.25) is 0 Å². The number of hydrogen-bond acceptors (Lipinski definition) is 5. The van der Waals surface area contributed by atoms with Gasteiger partial charge >= 0.3 is 0 Å². The fourth-order valence-corrected chi connectivity index (χ4v) is 4.80. The van der Waals surface area contributed by atoms with Gasteiger partial charge in [0.05, 0.1) is 17.1 Å². The number of amides is 2. The Balaban J connectivity index is 1.57. The van der Waals surface area contributed by atoms with Crippen molar-refractivity contribution in [3.8, 4) is 0 Å². The predicted octanol–water partition coefficient (Wildman–Crippen LogP) is 0.952. The number of fused-ring (bicyclic) bond motifs is 3. The maximum Gasteiger partial charge on any atom is 0.235 e. The molecule has 136 valence electrons. The van der Waals surface area contributed by atoms with Crippen LogP contribution < -0.4 is 15.5 Å². The summed E-state index contributed by atoms with van der Waals surface area (Å²) in [6.07, 6.45) is 2.11. The minimum Gasteiger partial charge on any atom is -0.365 e. The fourth-order valence-electron chi connectivity index (χ4n) is 4.80. The Morgan fingerprint density at radius 1 is 1.27 bits per heavy atom. The second kappa shape index (κ2) is 5.54. The standard InChI is InChI=1S/C19H23N5O2/c1-10-5-14-16(7-15(10)24-9-11-6-12(24)8-20-11)23(2)22-18(14)13-3-4-17(25)21-19(13)26/h5,7,11-13,20H,3-4,6,8-9H2,1-2H3,(H,21,25,26). The van der Waals surface area contributed by atoms with Gasteiger partial charge in [-0.15, -0.1) is 0 Å². The van der Waals surface area contributed by atoms with Gasteiger partial charge in [-0.05, 0) is 37.5 Å². The number of benzene rings is 1. The number of hydrogen-bond donors (Lipinski definition) is 2. The van der Waals surface area contributed by atoms with Crippen LogP contribution in [0.3, 0.4) is 0 Å². The summed E-state index contributed by atoms with van der Waals surface area (Å²) in [5.74, 6) is -0.776. The van der Waals surface area contributed by atoms with Crippen LogP contribution in [0.1, 0.15) is 36.4 Å². The van der Waals surface area contributed by atoms with Gasteiger partial charge in [-0.2, -0.15) is 5.10 Å². The maximum atomic E-state index is 12.3. The van der Waals surface area contributed by atoms with Crippen molar-refractivity contribution in [2.75, 3.05) is 18.0 Å². The molecule has 0 spiro atoms. The van der Waals surface area contributed by atoms with Gasteiger partial charge in [0.15, 0.2) is 0 Å². The quantitative estimate of drug-likeness (QED) is 0.786. The van der Waals surface area contributed by atoms with Gasteiger partial charge < -0.3 is 10.2 Å². The summed E-state index contributed by atoms with van der Waals surface area (Å²) >= 11 is 0. The second-order valence-electron chi connectivity index (χ2n) is 7.82. The van der Waals surface area contributed by atoms with Gasteiger partial charge in [-0.3, -0.25) is 19.6 Å². The average molecular weight is 353 g/mol. The van der Waals surface area contributed by atoms with Crippen molar-refractivity contribution in [2.24, 2.45) is 7.05 Å². The first-order valence-corrected chi connectivity index (χ1v) is 9.32. The van der Waals surface area contributed by atoms with E-state index in [9.17, 15) is 9.59 Å². The van der Waals surface area contributed by atoms with Crippen molar-refractivity contribution in [1.29, 1.82) is 0 Å². The van der Waals surface area contributed by atoms with Crippen molar-refractivity contribution in [2.45, 2.75) is 44.2 Å². The van der Waals surface area contributed by atoms with Crippen molar-refractivity contribution >= 4 is 28.4 Å². The molecule has 26 heavy (non-hydrogen) atoms. The Hall–Kier alpha value is -2.41. The zero-order chi connectivity index (χ0) is 18.0. The minimum absolute atomic E-state index is 0.192. The predicted molar refractivity (Wildman–Crippen MR) is 98.1 cm³/mol. The molecule has 1 aromatic carbocycles. The van der Waals surface area contributed by atoms with E-state index in [1.165, 1.54) is 17.7 Å². The number of anilines is 1. The van der Waals surface area contributed by atoms with E-state index in [1.54, 1.807) is 0 Å². The van der Waals surface area contributed by atoms with Crippen LogP contribution in [0.25, 0.3) is 10.9 Å². The van der Waals surface area contributed by atoms with E-state index in [1.807, 2.05) is 11.7 Å². The molecule has 3 unspecified atom stereocenters. The summed E-state index contributed by atoms with van der Waals surface area (Å²) in [6.45, 7) is 4.24. The molecule has 1 aromatic heterocycles. The summed E-state index contributed by atoms with van der Waals surface area (Å²) in [4.78, 5) is 26.3. The van der Waals surface area contributed by atoms with Crippen LogP contribution >= 0.6 is 0 Å². The normalized spacial score (nSPS) is 28.2. The van der Waals surface area contributed by atoms with Crippen molar-refractivity contribution < 1.29 is 9.59 Å². The molecule has 7 nitrogen and oxygen atoms in total. The Morgan fingerprint density at radius 3 is 2.81 bits per heavy atom. The average Bonchev–Trinajstić information content (AvgIpc) is 3.29. The summed E-state index contributed by atoms with van der Waals surface area (Å²) in [7, 11) is 1.93. The molecule has 3 fully saturated rings. The number of aryl methyl sites for hydroxylation is 2. The lowest BCUT2D eigenvalue weighted by Gasteiger charge is -2.31. The second-order valence-corrected chi connectivity index (χ2v) is 7.82. The molecule has 2 amide bonds. The van der Waals surface area contributed by atoms with Crippen LogP contribution in [0.5, 0.6) is 0 Å².